The van der Waals surface area contributed by atoms with Gasteiger partial charge in [-0.25, -0.2) is 13.1 Å². The molecule has 1 fully saturated rings. The molecule has 1 unspecified atom stereocenters. The molecule has 1 atom stereocenters. The zero-order valence-electron chi connectivity index (χ0n) is 7.75. The van der Waals surface area contributed by atoms with Crippen LogP contribution in [0.15, 0.2) is 0 Å². The molecule has 0 amide bonds. The molecule has 1 rings (SSSR count). The van der Waals surface area contributed by atoms with E-state index in [1.807, 2.05) is 0 Å². The van der Waals surface area contributed by atoms with E-state index in [0.29, 0.717) is 19.1 Å². The molecule has 5 nitrogen and oxygen atoms in total. The van der Waals surface area contributed by atoms with Crippen LogP contribution in [0, 0.1) is 0 Å². The number of sulfonamides is 1. The standard InChI is InChI=1S/C7H16N2O3S/c1-13(10,11)9-4-3-8-7-2-5-12-6-7/h7-9H,2-6H2,1H3. The van der Waals surface area contributed by atoms with Crippen LogP contribution >= 0.6 is 0 Å². The van der Waals surface area contributed by atoms with Crippen molar-refractivity contribution >= 4 is 10.0 Å². The van der Waals surface area contributed by atoms with Crippen LogP contribution in [-0.4, -0.2) is 47.0 Å². The van der Waals surface area contributed by atoms with Gasteiger partial charge in [0.1, 0.15) is 0 Å². The second-order valence-corrected chi connectivity index (χ2v) is 5.01. The van der Waals surface area contributed by atoms with Gasteiger partial charge in [-0.05, 0) is 6.42 Å². The van der Waals surface area contributed by atoms with Crippen LogP contribution in [0.4, 0.5) is 0 Å². The fourth-order valence-corrected chi connectivity index (χ4v) is 1.68. The molecular formula is C7H16N2O3S. The lowest BCUT2D eigenvalue weighted by atomic mass is 10.3. The van der Waals surface area contributed by atoms with E-state index in [2.05, 4.69) is 10.0 Å². The van der Waals surface area contributed by atoms with Gasteiger partial charge in [0, 0.05) is 25.7 Å². The third-order valence-electron chi connectivity index (χ3n) is 1.85. The average Bonchev–Trinajstić information content (AvgIpc) is 2.48. The van der Waals surface area contributed by atoms with E-state index in [1.54, 1.807) is 0 Å². The molecule has 0 saturated carbocycles. The monoisotopic (exact) mass is 208 g/mol. The van der Waals surface area contributed by atoms with Crippen molar-refractivity contribution in [2.24, 2.45) is 0 Å². The van der Waals surface area contributed by atoms with Crippen LogP contribution in [0.2, 0.25) is 0 Å². The topological polar surface area (TPSA) is 67.4 Å². The van der Waals surface area contributed by atoms with Gasteiger partial charge in [0.15, 0.2) is 0 Å². The first-order valence-electron chi connectivity index (χ1n) is 4.34. The zero-order valence-corrected chi connectivity index (χ0v) is 8.56. The molecule has 78 valence electrons. The van der Waals surface area contributed by atoms with Crippen molar-refractivity contribution in [3.05, 3.63) is 0 Å². The molecule has 0 bridgehead atoms. The molecule has 2 N–H and O–H groups in total. The lowest BCUT2D eigenvalue weighted by Gasteiger charge is -2.09. The Morgan fingerprint density at radius 2 is 2.23 bits per heavy atom. The van der Waals surface area contributed by atoms with Crippen molar-refractivity contribution in [2.75, 3.05) is 32.6 Å². The molecule has 1 aliphatic heterocycles. The minimum atomic E-state index is -3.04. The highest BCUT2D eigenvalue weighted by Crippen LogP contribution is 2.01. The largest absolute Gasteiger partial charge is 0.380 e. The quantitative estimate of drug-likeness (QED) is 0.564. The van der Waals surface area contributed by atoms with Gasteiger partial charge >= 0.3 is 0 Å². The Morgan fingerprint density at radius 1 is 1.46 bits per heavy atom. The van der Waals surface area contributed by atoms with Crippen LogP contribution in [-0.2, 0) is 14.8 Å². The maximum Gasteiger partial charge on any atom is 0.208 e. The van der Waals surface area contributed by atoms with E-state index in [9.17, 15) is 8.42 Å². The van der Waals surface area contributed by atoms with Crippen molar-refractivity contribution in [3.63, 3.8) is 0 Å². The lowest BCUT2D eigenvalue weighted by Crippen LogP contribution is -2.36. The summed E-state index contributed by atoms with van der Waals surface area (Å²) in [5.74, 6) is 0. The first-order valence-corrected chi connectivity index (χ1v) is 6.23. The summed E-state index contributed by atoms with van der Waals surface area (Å²) in [5, 5.41) is 3.20. The third-order valence-corrected chi connectivity index (χ3v) is 2.58. The molecule has 6 heteroatoms. The highest BCUT2D eigenvalue weighted by molar-refractivity contribution is 7.88. The average molecular weight is 208 g/mol. The van der Waals surface area contributed by atoms with Gasteiger partial charge in [-0.15, -0.1) is 0 Å². The van der Waals surface area contributed by atoms with Gasteiger partial charge in [0.25, 0.3) is 0 Å². The van der Waals surface area contributed by atoms with Gasteiger partial charge in [0.2, 0.25) is 10.0 Å². The number of hydrogen-bond donors (Lipinski definition) is 2. The zero-order chi connectivity index (χ0) is 9.73. The van der Waals surface area contributed by atoms with Gasteiger partial charge in [0.05, 0.1) is 12.9 Å². The molecule has 0 aromatic carbocycles. The van der Waals surface area contributed by atoms with Gasteiger partial charge in [-0.2, -0.15) is 0 Å². The first kappa shape index (κ1) is 10.9. The van der Waals surface area contributed by atoms with Crippen molar-refractivity contribution in [3.8, 4) is 0 Å². The molecule has 0 spiro atoms. The Bertz CT molecular complexity index is 234. The Labute approximate surface area is 78.9 Å². The van der Waals surface area contributed by atoms with E-state index >= 15 is 0 Å². The van der Waals surface area contributed by atoms with Crippen molar-refractivity contribution in [1.82, 2.24) is 10.0 Å². The third kappa shape index (κ3) is 5.20. The summed E-state index contributed by atoms with van der Waals surface area (Å²) in [6.07, 6.45) is 2.17. The Morgan fingerprint density at radius 3 is 2.77 bits per heavy atom. The van der Waals surface area contributed by atoms with Gasteiger partial charge in [-0.1, -0.05) is 0 Å². The summed E-state index contributed by atoms with van der Waals surface area (Å²) < 4.78 is 28.9. The van der Waals surface area contributed by atoms with Gasteiger partial charge in [-0.3, -0.25) is 0 Å². The summed E-state index contributed by atoms with van der Waals surface area (Å²) in [6.45, 7) is 2.63. The second-order valence-electron chi connectivity index (χ2n) is 3.18. The van der Waals surface area contributed by atoms with E-state index in [0.717, 1.165) is 25.9 Å². The van der Waals surface area contributed by atoms with E-state index in [1.165, 1.54) is 0 Å². The van der Waals surface area contributed by atoms with Crippen molar-refractivity contribution in [1.29, 1.82) is 0 Å². The minimum Gasteiger partial charge on any atom is -0.380 e. The van der Waals surface area contributed by atoms with E-state index in [-0.39, 0.29) is 0 Å². The van der Waals surface area contributed by atoms with Crippen molar-refractivity contribution < 1.29 is 13.2 Å². The Kier molecular flexibility index (Phi) is 4.11. The Hall–Kier alpha value is -0.170. The predicted octanol–water partition coefficient (Wildman–Crippen LogP) is -1.09. The number of nitrogens with one attached hydrogen (secondary N) is 2. The van der Waals surface area contributed by atoms with Crippen molar-refractivity contribution in [2.45, 2.75) is 12.5 Å². The van der Waals surface area contributed by atoms with Crippen LogP contribution in [0.5, 0.6) is 0 Å². The highest BCUT2D eigenvalue weighted by Gasteiger charge is 2.13. The summed E-state index contributed by atoms with van der Waals surface area (Å²) in [4.78, 5) is 0. The normalized spacial score (nSPS) is 23.6. The van der Waals surface area contributed by atoms with E-state index in [4.69, 9.17) is 4.74 Å². The van der Waals surface area contributed by atoms with E-state index < -0.39 is 10.0 Å². The number of hydrogen-bond acceptors (Lipinski definition) is 4. The molecule has 13 heavy (non-hydrogen) atoms. The molecule has 1 saturated heterocycles. The predicted molar refractivity (Wildman–Crippen MR) is 50.1 cm³/mol. The van der Waals surface area contributed by atoms with Gasteiger partial charge < -0.3 is 10.1 Å². The number of ether oxygens (including phenoxy) is 1. The molecule has 1 aliphatic rings. The molecular weight excluding hydrogens is 192 g/mol. The summed E-state index contributed by atoms with van der Waals surface area (Å²) in [7, 11) is -3.04. The van der Waals surface area contributed by atoms with Crippen LogP contribution in [0.3, 0.4) is 0 Å². The van der Waals surface area contributed by atoms with Crippen LogP contribution < -0.4 is 10.0 Å². The molecule has 0 aromatic heterocycles. The lowest BCUT2D eigenvalue weighted by molar-refractivity contribution is 0.190. The maximum absolute atomic E-state index is 10.7. The summed E-state index contributed by atoms with van der Waals surface area (Å²) in [6, 6.07) is 0.390. The molecule has 0 aromatic rings. The van der Waals surface area contributed by atoms with Crippen LogP contribution in [0.25, 0.3) is 0 Å². The summed E-state index contributed by atoms with van der Waals surface area (Å²) >= 11 is 0. The maximum atomic E-state index is 10.7. The first-order chi connectivity index (χ1) is 6.08. The smallest absolute Gasteiger partial charge is 0.208 e. The highest BCUT2D eigenvalue weighted by atomic mass is 32.2. The summed E-state index contributed by atoms with van der Waals surface area (Å²) in [5.41, 5.74) is 0. The fraction of sp³-hybridized carbons (Fsp3) is 1.00. The van der Waals surface area contributed by atoms with Crippen LogP contribution in [0.1, 0.15) is 6.42 Å². The number of rotatable bonds is 5. The molecule has 0 radical (unpaired) electrons. The fourth-order valence-electron chi connectivity index (χ4n) is 1.21. The Balaban J connectivity index is 2.01. The molecule has 1 heterocycles. The second kappa shape index (κ2) is 4.90. The molecule has 0 aliphatic carbocycles. The minimum absolute atomic E-state index is 0.390. The SMILES string of the molecule is CS(=O)(=O)NCCNC1CCOC1.